The first-order chi connectivity index (χ1) is 6.27. The second kappa shape index (κ2) is 4.33. The van der Waals surface area contributed by atoms with Gasteiger partial charge >= 0.3 is 5.97 Å². The molecule has 1 aromatic carbocycles. The first kappa shape index (κ1) is 10.9. The summed E-state index contributed by atoms with van der Waals surface area (Å²) in [5, 5.41) is 12.0. The lowest BCUT2D eigenvalue weighted by molar-refractivity contribution is 0.0697. The van der Waals surface area contributed by atoms with Crippen molar-refractivity contribution in [2.75, 3.05) is 11.9 Å². The maximum Gasteiger partial charge on any atom is 0.335 e. The van der Waals surface area contributed by atoms with Crippen LogP contribution in [0.4, 0.5) is 5.69 Å². The molecule has 1 aliphatic rings. The highest BCUT2D eigenvalue weighted by atomic mass is 35.5. The molecule has 76 valence electrons. The number of carboxylic acid groups (broad SMARTS) is 1. The van der Waals surface area contributed by atoms with Crippen molar-refractivity contribution in [1.82, 2.24) is 0 Å². The van der Waals surface area contributed by atoms with E-state index in [1.54, 1.807) is 12.1 Å². The number of aromatic carboxylic acids is 1. The van der Waals surface area contributed by atoms with Crippen LogP contribution < -0.4 is 5.32 Å². The van der Waals surface area contributed by atoms with Crippen molar-refractivity contribution >= 4 is 24.1 Å². The molecule has 3 nitrogen and oxygen atoms in total. The zero-order chi connectivity index (χ0) is 9.26. The summed E-state index contributed by atoms with van der Waals surface area (Å²) in [4.78, 5) is 10.7. The second-order valence-electron chi connectivity index (χ2n) is 3.21. The minimum absolute atomic E-state index is 0. The Labute approximate surface area is 88.5 Å². The molecule has 0 amide bonds. The second-order valence-corrected chi connectivity index (χ2v) is 3.21. The van der Waals surface area contributed by atoms with Gasteiger partial charge in [0.05, 0.1) is 5.56 Å². The minimum Gasteiger partial charge on any atom is -0.478 e. The maximum absolute atomic E-state index is 10.7. The van der Waals surface area contributed by atoms with Gasteiger partial charge < -0.3 is 10.4 Å². The van der Waals surface area contributed by atoms with Crippen molar-refractivity contribution in [1.29, 1.82) is 0 Å². The van der Waals surface area contributed by atoms with Crippen LogP contribution in [0, 0.1) is 0 Å². The third-order valence-corrected chi connectivity index (χ3v) is 2.29. The van der Waals surface area contributed by atoms with Crippen LogP contribution in [-0.2, 0) is 6.42 Å². The van der Waals surface area contributed by atoms with Crippen LogP contribution in [0.3, 0.4) is 0 Å². The van der Waals surface area contributed by atoms with Gasteiger partial charge in [-0.2, -0.15) is 0 Å². The fourth-order valence-electron chi connectivity index (χ4n) is 1.61. The molecule has 0 aliphatic carbocycles. The zero-order valence-electron chi connectivity index (χ0n) is 7.62. The smallest absolute Gasteiger partial charge is 0.335 e. The Balaban J connectivity index is 0.000000980. The third-order valence-electron chi connectivity index (χ3n) is 2.29. The summed E-state index contributed by atoms with van der Waals surface area (Å²) in [7, 11) is 0. The monoisotopic (exact) mass is 213 g/mol. The van der Waals surface area contributed by atoms with E-state index < -0.39 is 5.97 Å². The first-order valence-corrected chi connectivity index (χ1v) is 4.37. The van der Waals surface area contributed by atoms with E-state index in [9.17, 15) is 4.79 Å². The van der Waals surface area contributed by atoms with Crippen LogP contribution >= 0.6 is 12.4 Å². The summed E-state index contributed by atoms with van der Waals surface area (Å²) in [6.45, 7) is 0.986. The lowest BCUT2D eigenvalue weighted by Gasteiger charge is -2.17. The number of rotatable bonds is 1. The molecule has 0 saturated heterocycles. The molecule has 0 aromatic heterocycles. The fraction of sp³-hybridized carbons (Fsp3) is 0.300. The molecule has 1 heterocycles. The van der Waals surface area contributed by atoms with Gasteiger partial charge in [0.1, 0.15) is 0 Å². The van der Waals surface area contributed by atoms with E-state index in [0.29, 0.717) is 5.56 Å². The number of hydrogen-bond donors (Lipinski definition) is 2. The first-order valence-electron chi connectivity index (χ1n) is 4.37. The minimum atomic E-state index is -0.853. The highest BCUT2D eigenvalue weighted by molar-refractivity contribution is 5.88. The number of aryl methyl sites for hydroxylation is 1. The van der Waals surface area contributed by atoms with E-state index in [0.717, 1.165) is 30.6 Å². The van der Waals surface area contributed by atoms with Crippen LogP contribution in [0.2, 0.25) is 0 Å². The SMILES string of the molecule is Cl.O=C(O)c1ccc2c(c1)CCCN2. The molecule has 0 radical (unpaired) electrons. The Bertz CT molecular complexity index is 352. The van der Waals surface area contributed by atoms with Crippen LogP contribution in [0.1, 0.15) is 22.3 Å². The highest BCUT2D eigenvalue weighted by Gasteiger charge is 2.10. The maximum atomic E-state index is 10.7. The topological polar surface area (TPSA) is 49.3 Å². The number of fused-ring (bicyclic) bond motifs is 1. The average molecular weight is 214 g/mol. The largest absolute Gasteiger partial charge is 0.478 e. The molecular weight excluding hydrogens is 202 g/mol. The predicted octanol–water partition coefficient (Wildman–Crippen LogP) is 2.16. The number of nitrogens with one attached hydrogen (secondary N) is 1. The number of carbonyl (C=O) groups is 1. The molecule has 0 bridgehead atoms. The van der Waals surface area contributed by atoms with Crippen LogP contribution in [0.15, 0.2) is 18.2 Å². The van der Waals surface area contributed by atoms with Gasteiger partial charge in [-0.05, 0) is 36.6 Å². The zero-order valence-corrected chi connectivity index (χ0v) is 8.43. The molecule has 2 rings (SSSR count). The summed E-state index contributed by atoms with van der Waals surface area (Å²) < 4.78 is 0. The molecule has 1 aromatic rings. The van der Waals surface area contributed by atoms with Gasteiger partial charge in [0.15, 0.2) is 0 Å². The van der Waals surface area contributed by atoms with Gasteiger partial charge in [0.25, 0.3) is 0 Å². The molecular formula is C10H12ClNO2. The van der Waals surface area contributed by atoms with Gasteiger partial charge in [-0.3, -0.25) is 0 Å². The van der Waals surface area contributed by atoms with Crippen molar-refractivity contribution in [3.8, 4) is 0 Å². The van der Waals surface area contributed by atoms with Crippen LogP contribution in [0.5, 0.6) is 0 Å². The molecule has 0 atom stereocenters. The van der Waals surface area contributed by atoms with E-state index >= 15 is 0 Å². The Morgan fingerprint density at radius 1 is 1.43 bits per heavy atom. The lowest BCUT2D eigenvalue weighted by atomic mass is 10.0. The molecule has 0 saturated carbocycles. The van der Waals surface area contributed by atoms with E-state index in [4.69, 9.17) is 5.11 Å². The van der Waals surface area contributed by atoms with E-state index in [-0.39, 0.29) is 12.4 Å². The van der Waals surface area contributed by atoms with E-state index in [1.807, 2.05) is 6.07 Å². The standard InChI is InChI=1S/C10H11NO2.ClH/c12-10(13)8-3-4-9-7(6-8)2-1-5-11-9;/h3-4,6,11H,1-2,5H2,(H,12,13);1H. The fourth-order valence-corrected chi connectivity index (χ4v) is 1.61. The summed E-state index contributed by atoms with van der Waals surface area (Å²) in [6.07, 6.45) is 2.06. The Morgan fingerprint density at radius 3 is 2.93 bits per heavy atom. The summed E-state index contributed by atoms with van der Waals surface area (Å²) >= 11 is 0. The molecule has 14 heavy (non-hydrogen) atoms. The molecule has 2 N–H and O–H groups in total. The number of benzene rings is 1. The van der Waals surface area contributed by atoms with E-state index in [1.165, 1.54) is 0 Å². The van der Waals surface area contributed by atoms with E-state index in [2.05, 4.69) is 5.32 Å². The number of hydrogen-bond acceptors (Lipinski definition) is 2. The number of anilines is 1. The Kier molecular flexibility index (Phi) is 3.36. The molecule has 0 unspecified atom stereocenters. The van der Waals surface area contributed by atoms with Crippen molar-refractivity contribution in [3.63, 3.8) is 0 Å². The average Bonchev–Trinajstić information content (AvgIpc) is 2.17. The van der Waals surface area contributed by atoms with Crippen molar-refractivity contribution in [2.45, 2.75) is 12.8 Å². The predicted molar refractivity (Wildman–Crippen MR) is 57.5 cm³/mol. The normalized spacial score (nSPS) is 13.4. The quantitative estimate of drug-likeness (QED) is 0.752. The summed E-state index contributed by atoms with van der Waals surface area (Å²) in [6, 6.07) is 5.24. The van der Waals surface area contributed by atoms with Gasteiger partial charge in [-0.1, -0.05) is 0 Å². The summed E-state index contributed by atoms with van der Waals surface area (Å²) in [5.41, 5.74) is 2.57. The Morgan fingerprint density at radius 2 is 2.21 bits per heavy atom. The number of carboxylic acids is 1. The molecule has 1 aliphatic heterocycles. The van der Waals surface area contributed by atoms with Gasteiger partial charge in [-0.25, -0.2) is 4.79 Å². The van der Waals surface area contributed by atoms with Gasteiger partial charge in [-0.15, -0.1) is 12.4 Å². The van der Waals surface area contributed by atoms with Crippen LogP contribution in [0.25, 0.3) is 0 Å². The van der Waals surface area contributed by atoms with Crippen LogP contribution in [-0.4, -0.2) is 17.6 Å². The third kappa shape index (κ3) is 1.99. The molecule has 4 heteroatoms. The molecule has 0 spiro atoms. The van der Waals surface area contributed by atoms with Crippen molar-refractivity contribution < 1.29 is 9.90 Å². The van der Waals surface area contributed by atoms with Crippen molar-refractivity contribution in [2.24, 2.45) is 0 Å². The van der Waals surface area contributed by atoms with Gasteiger partial charge in [0.2, 0.25) is 0 Å². The lowest BCUT2D eigenvalue weighted by Crippen LogP contribution is -2.12. The molecule has 0 fully saturated rings. The highest BCUT2D eigenvalue weighted by Crippen LogP contribution is 2.22. The number of halogens is 1. The Hall–Kier alpha value is -1.22. The van der Waals surface area contributed by atoms with Crippen molar-refractivity contribution in [3.05, 3.63) is 29.3 Å². The van der Waals surface area contributed by atoms with Gasteiger partial charge in [0, 0.05) is 12.2 Å². The summed E-state index contributed by atoms with van der Waals surface area (Å²) in [5.74, 6) is -0.853.